The highest BCUT2D eigenvalue weighted by Gasteiger charge is 2.48. The van der Waals surface area contributed by atoms with E-state index in [0.29, 0.717) is 5.95 Å². The number of aromatic nitrogens is 2. The number of nitrogens with zero attached hydrogens (tertiary/aromatic N) is 3. The molecule has 0 saturated heterocycles. The summed E-state index contributed by atoms with van der Waals surface area (Å²) in [7, 11) is -5.60. The highest BCUT2D eigenvalue weighted by Crippen LogP contribution is 2.28. The molecular weight excluding hydrogens is 299 g/mol. The zero-order valence-corrected chi connectivity index (χ0v) is 10.9. The lowest BCUT2D eigenvalue weighted by Gasteiger charge is -2.25. The van der Waals surface area contributed by atoms with Crippen LogP contribution in [-0.2, 0) is 14.3 Å². The van der Waals surface area contributed by atoms with Gasteiger partial charge in [0.05, 0.1) is 0 Å². The molecule has 1 aliphatic heterocycles. The van der Waals surface area contributed by atoms with Gasteiger partial charge in [0.1, 0.15) is 5.76 Å². The summed E-state index contributed by atoms with van der Waals surface area (Å²) in [6.45, 7) is 0.440. The van der Waals surface area contributed by atoms with Crippen molar-refractivity contribution in [3.8, 4) is 0 Å². The first-order valence-electron chi connectivity index (χ1n) is 5.51. The zero-order valence-electron chi connectivity index (χ0n) is 10.0. The van der Waals surface area contributed by atoms with Crippen molar-refractivity contribution in [3.63, 3.8) is 0 Å². The first kappa shape index (κ1) is 14.6. The Balaban J connectivity index is 2.04. The predicted molar refractivity (Wildman–Crippen MR) is 63.0 cm³/mol. The molecule has 10 heteroatoms. The minimum Gasteiger partial charge on any atom is -0.381 e. The van der Waals surface area contributed by atoms with Crippen LogP contribution < -0.4 is 4.90 Å². The minimum absolute atomic E-state index is 0.0214. The van der Waals surface area contributed by atoms with Crippen molar-refractivity contribution in [1.29, 1.82) is 0 Å². The third kappa shape index (κ3) is 3.18. The van der Waals surface area contributed by atoms with Gasteiger partial charge < -0.3 is 9.08 Å². The van der Waals surface area contributed by atoms with Crippen LogP contribution in [0.15, 0.2) is 30.3 Å². The summed E-state index contributed by atoms with van der Waals surface area (Å²) in [5.74, 6) is 0.191. The Morgan fingerprint density at radius 3 is 2.40 bits per heavy atom. The maximum Gasteiger partial charge on any atom is 0.534 e. The van der Waals surface area contributed by atoms with Crippen molar-refractivity contribution in [1.82, 2.24) is 9.97 Å². The van der Waals surface area contributed by atoms with E-state index in [9.17, 15) is 21.6 Å². The van der Waals surface area contributed by atoms with E-state index < -0.39 is 15.6 Å². The highest BCUT2D eigenvalue weighted by atomic mass is 32.2. The molecule has 0 amide bonds. The summed E-state index contributed by atoms with van der Waals surface area (Å²) in [4.78, 5) is 9.66. The highest BCUT2D eigenvalue weighted by molar-refractivity contribution is 7.87. The number of hydrogen-bond acceptors (Lipinski definition) is 6. The topological polar surface area (TPSA) is 72.4 Å². The summed E-state index contributed by atoms with van der Waals surface area (Å²) in [5, 5.41) is 0. The van der Waals surface area contributed by atoms with E-state index in [0.717, 1.165) is 0 Å². The van der Waals surface area contributed by atoms with Gasteiger partial charge in [-0.05, 0) is 12.1 Å². The second-order valence-corrected chi connectivity index (χ2v) is 5.44. The van der Waals surface area contributed by atoms with Crippen molar-refractivity contribution in [2.75, 3.05) is 18.0 Å². The molecule has 0 N–H and O–H groups in total. The number of halogens is 3. The van der Waals surface area contributed by atoms with Crippen LogP contribution in [0.2, 0.25) is 0 Å². The molecule has 6 nitrogen and oxygen atoms in total. The maximum absolute atomic E-state index is 12.2. The fraction of sp³-hybridized carbons (Fsp3) is 0.400. The zero-order chi connectivity index (χ0) is 14.8. The largest absolute Gasteiger partial charge is 0.534 e. The van der Waals surface area contributed by atoms with Gasteiger partial charge in [0.25, 0.3) is 0 Å². The quantitative estimate of drug-likeness (QED) is 0.621. The fourth-order valence-electron chi connectivity index (χ4n) is 1.55. The van der Waals surface area contributed by atoms with E-state index in [1.807, 2.05) is 0 Å². The van der Waals surface area contributed by atoms with Crippen LogP contribution in [0.1, 0.15) is 6.42 Å². The van der Waals surface area contributed by atoms with Crippen LogP contribution in [0.4, 0.5) is 19.1 Å². The Hall–Kier alpha value is -1.84. The summed E-state index contributed by atoms with van der Waals surface area (Å²) in [5.41, 5.74) is -5.42. The van der Waals surface area contributed by atoms with Crippen LogP contribution in [0.25, 0.3) is 0 Å². The van der Waals surface area contributed by atoms with Gasteiger partial charge in [0, 0.05) is 31.9 Å². The molecule has 0 spiro atoms. The third-order valence-corrected chi connectivity index (χ3v) is 3.50. The molecule has 0 radical (unpaired) electrons. The monoisotopic (exact) mass is 309 g/mol. The van der Waals surface area contributed by atoms with Gasteiger partial charge in [0.15, 0.2) is 0 Å². The Morgan fingerprint density at radius 1 is 1.25 bits per heavy atom. The Labute approximate surface area is 113 Å². The third-order valence-electron chi connectivity index (χ3n) is 2.50. The van der Waals surface area contributed by atoms with Crippen LogP contribution in [0.5, 0.6) is 0 Å². The van der Waals surface area contributed by atoms with Gasteiger partial charge in [0.2, 0.25) is 5.95 Å². The van der Waals surface area contributed by atoms with Gasteiger partial charge >= 0.3 is 15.6 Å². The Bertz CT molecular complexity index is 601. The average Bonchev–Trinajstić information content (AvgIpc) is 2.39. The van der Waals surface area contributed by atoms with Gasteiger partial charge in [-0.3, -0.25) is 0 Å². The van der Waals surface area contributed by atoms with E-state index in [-0.39, 0.29) is 25.3 Å². The summed E-state index contributed by atoms with van der Waals surface area (Å²) < 4.78 is 62.2. The van der Waals surface area contributed by atoms with E-state index in [1.165, 1.54) is 18.5 Å². The van der Waals surface area contributed by atoms with Crippen molar-refractivity contribution < 1.29 is 25.8 Å². The van der Waals surface area contributed by atoms with Crippen molar-refractivity contribution in [2.45, 2.75) is 11.9 Å². The fourth-order valence-corrected chi connectivity index (χ4v) is 2.08. The summed E-state index contributed by atoms with van der Waals surface area (Å²) >= 11 is 0. The average molecular weight is 309 g/mol. The van der Waals surface area contributed by atoms with Gasteiger partial charge in [-0.15, -0.1) is 0 Å². The van der Waals surface area contributed by atoms with Crippen molar-refractivity contribution in [3.05, 3.63) is 30.3 Å². The lowest BCUT2D eigenvalue weighted by molar-refractivity contribution is -0.0523. The lowest BCUT2D eigenvalue weighted by Crippen LogP contribution is -2.32. The van der Waals surface area contributed by atoms with Crippen molar-refractivity contribution >= 4 is 16.1 Å². The predicted octanol–water partition coefficient (Wildman–Crippen LogP) is 1.44. The minimum atomic E-state index is -5.60. The molecule has 2 heterocycles. The Morgan fingerprint density at radius 2 is 1.90 bits per heavy atom. The van der Waals surface area contributed by atoms with Gasteiger partial charge in [-0.1, -0.05) is 0 Å². The molecule has 1 aliphatic rings. The molecule has 0 unspecified atom stereocenters. The van der Waals surface area contributed by atoms with E-state index >= 15 is 0 Å². The van der Waals surface area contributed by atoms with Crippen LogP contribution in [-0.4, -0.2) is 37.0 Å². The standard InChI is InChI=1S/C10H10F3N3O3S/c11-10(12,13)20(17,18)19-8-2-6-16(7-3-8)9-14-4-1-5-15-9/h1-2,4-5H,3,6-7H2. The second-order valence-electron chi connectivity index (χ2n) is 3.90. The van der Waals surface area contributed by atoms with Crippen LogP contribution in [0, 0.1) is 0 Å². The smallest absolute Gasteiger partial charge is 0.381 e. The summed E-state index contributed by atoms with van der Waals surface area (Å²) in [6.07, 6.45) is 4.36. The molecule has 0 aliphatic carbocycles. The Kier molecular flexibility index (Phi) is 3.84. The molecule has 0 bridgehead atoms. The SMILES string of the molecule is O=S(=O)(OC1=CCN(c2ncccn2)CC1)C(F)(F)F. The molecule has 2 rings (SSSR count). The van der Waals surface area contributed by atoms with E-state index in [2.05, 4.69) is 14.2 Å². The molecule has 20 heavy (non-hydrogen) atoms. The normalized spacial score (nSPS) is 16.8. The number of anilines is 1. The van der Waals surface area contributed by atoms with Crippen molar-refractivity contribution in [2.24, 2.45) is 0 Å². The van der Waals surface area contributed by atoms with Gasteiger partial charge in [-0.2, -0.15) is 21.6 Å². The summed E-state index contributed by atoms with van der Waals surface area (Å²) in [6, 6.07) is 1.63. The first-order chi connectivity index (χ1) is 9.29. The van der Waals surface area contributed by atoms with Gasteiger partial charge in [-0.25, -0.2) is 9.97 Å². The van der Waals surface area contributed by atoms with E-state index in [1.54, 1.807) is 11.0 Å². The van der Waals surface area contributed by atoms with Crippen LogP contribution >= 0.6 is 0 Å². The lowest BCUT2D eigenvalue weighted by atomic mass is 10.2. The number of hydrogen-bond donors (Lipinski definition) is 0. The van der Waals surface area contributed by atoms with Crippen LogP contribution in [0.3, 0.4) is 0 Å². The second kappa shape index (κ2) is 5.27. The molecule has 110 valence electrons. The molecule has 1 aromatic rings. The van der Waals surface area contributed by atoms with E-state index in [4.69, 9.17) is 0 Å². The molecule has 0 saturated carbocycles. The molecule has 0 atom stereocenters. The maximum atomic E-state index is 12.2. The molecule has 0 fully saturated rings. The molecule has 1 aromatic heterocycles. The molecular formula is C10H10F3N3O3S. The number of rotatable bonds is 3. The molecule has 0 aromatic carbocycles. The number of alkyl halides is 3. The first-order valence-corrected chi connectivity index (χ1v) is 6.92.